The maximum absolute atomic E-state index is 6.01. The van der Waals surface area contributed by atoms with E-state index in [0.717, 1.165) is 11.1 Å². The third-order valence-electron chi connectivity index (χ3n) is 2.82. The first kappa shape index (κ1) is 13.6. The number of hydrogen-bond acceptors (Lipinski definition) is 3. The van der Waals surface area contributed by atoms with Crippen molar-refractivity contribution >= 4 is 11.6 Å². The van der Waals surface area contributed by atoms with Crippen LogP contribution in [0.5, 0.6) is 17.2 Å². The van der Waals surface area contributed by atoms with Crippen molar-refractivity contribution in [3.8, 4) is 28.4 Å². The van der Waals surface area contributed by atoms with E-state index in [1.807, 2.05) is 36.4 Å². The van der Waals surface area contributed by atoms with Gasteiger partial charge in [-0.2, -0.15) is 0 Å². The predicted octanol–water partition coefficient (Wildman–Crippen LogP) is 4.03. The summed E-state index contributed by atoms with van der Waals surface area (Å²) in [4.78, 5) is 0. The second-order valence-corrected chi connectivity index (χ2v) is 4.36. The average molecular weight is 279 g/mol. The van der Waals surface area contributed by atoms with Crippen molar-refractivity contribution < 1.29 is 14.2 Å². The number of halogens is 1. The summed E-state index contributed by atoms with van der Waals surface area (Å²) in [5, 5.41) is 0.686. The molecule has 4 heteroatoms. The van der Waals surface area contributed by atoms with E-state index >= 15 is 0 Å². The fraction of sp³-hybridized carbons (Fsp3) is 0.200. The van der Waals surface area contributed by atoms with E-state index in [-0.39, 0.29) is 0 Å². The first-order chi connectivity index (χ1) is 9.19. The molecule has 19 heavy (non-hydrogen) atoms. The van der Waals surface area contributed by atoms with E-state index in [1.165, 1.54) is 0 Å². The van der Waals surface area contributed by atoms with E-state index in [4.69, 9.17) is 25.8 Å². The maximum Gasteiger partial charge on any atom is 0.203 e. The minimum atomic E-state index is 0.579. The van der Waals surface area contributed by atoms with Gasteiger partial charge in [0.15, 0.2) is 11.5 Å². The van der Waals surface area contributed by atoms with Gasteiger partial charge in [0, 0.05) is 5.02 Å². The van der Waals surface area contributed by atoms with Crippen LogP contribution < -0.4 is 14.2 Å². The minimum Gasteiger partial charge on any atom is -0.493 e. The lowest BCUT2D eigenvalue weighted by molar-refractivity contribution is 0.324. The molecule has 0 radical (unpaired) electrons. The largest absolute Gasteiger partial charge is 0.493 e. The Labute approximate surface area is 117 Å². The number of hydrogen-bond donors (Lipinski definition) is 0. The fourth-order valence-electron chi connectivity index (χ4n) is 1.92. The molecule has 2 rings (SSSR count). The smallest absolute Gasteiger partial charge is 0.203 e. The summed E-state index contributed by atoms with van der Waals surface area (Å²) in [6, 6.07) is 11.4. The van der Waals surface area contributed by atoms with Crippen LogP contribution in [0.1, 0.15) is 0 Å². The fourth-order valence-corrected chi connectivity index (χ4v) is 2.11. The van der Waals surface area contributed by atoms with Gasteiger partial charge in [-0.25, -0.2) is 0 Å². The molecule has 0 aromatic heterocycles. The van der Waals surface area contributed by atoms with Gasteiger partial charge < -0.3 is 14.2 Å². The number of benzene rings is 2. The first-order valence-electron chi connectivity index (χ1n) is 5.75. The van der Waals surface area contributed by atoms with Crippen LogP contribution in [0.2, 0.25) is 5.02 Å². The standard InChI is InChI=1S/C15H15ClO3/c1-17-13-8-11(9-14(18-2)15(13)19-3)10-5-4-6-12(16)7-10/h4-9H,1-3H3. The second-order valence-electron chi connectivity index (χ2n) is 3.92. The first-order valence-corrected chi connectivity index (χ1v) is 6.13. The monoisotopic (exact) mass is 278 g/mol. The highest BCUT2D eigenvalue weighted by molar-refractivity contribution is 6.30. The molecule has 0 aliphatic rings. The average Bonchev–Trinajstić information content (AvgIpc) is 2.45. The van der Waals surface area contributed by atoms with E-state index in [0.29, 0.717) is 22.3 Å². The van der Waals surface area contributed by atoms with Crippen molar-refractivity contribution in [1.29, 1.82) is 0 Å². The third-order valence-corrected chi connectivity index (χ3v) is 3.06. The van der Waals surface area contributed by atoms with Gasteiger partial charge in [-0.05, 0) is 35.4 Å². The van der Waals surface area contributed by atoms with Gasteiger partial charge in [-0.15, -0.1) is 0 Å². The minimum absolute atomic E-state index is 0.579. The van der Waals surface area contributed by atoms with Gasteiger partial charge in [-0.1, -0.05) is 23.7 Å². The molecule has 0 aliphatic carbocycles. The van der Waals surface area contributed by atoms with Crippen molar-refractivity contribution in [3.05, 3.63) is 41.4 Å². The third kappa shape index (κ3) is 2.76. The van der Waals surface area contributed by atoms with Crippen molar-refractivity contribution in [2.75, 3.05) is 21.3 Å². The Balaban J connectivity index is 2.59. The van der Waals surface area contributed by atoms with Crippen LogP contribution in [0.3, 0.4) is 0 Å². The summed E-state index contributed by atoms with van der Waals surface area (Å²) in [7, 11) is 4.78. The van der Waals surface area contributed by atoms with Gasteiger partial charge in [-0.3, -0.25) is 0 Å². The molecule has 0 atom stereocenters. The van der Waals surface area contributed by atoms with Gasteiger partial charge >= 0.3 is 0 Å². The Hall–Kier alpha value is -1.87. The predicted molar refractivity (Wildman–Crippen MR) is 76.5 cm³/mol. The summed E-state index contributed by atoms with van der Waals surface area (Å²) in [6.07, 6.45) is 0. The molecule has 0 spiro atoms. The molecule has 0 heterocycles. The highest BCUT2D eigenvalue weighted by atomic mass is 35.5. The SMILES string of the molecule is COc1cc(-c2cccc(Cl)c2)cc(OC)c1OC. The normalized spacial score (nSPS) is 10.1. The van der Waals surface area contributed by atoms with Gasteiger partial charge in [0.2, 0.25) is 5.75 Å². The summed E-state index contributed by atoms with van der Waals surface area (Å²) in [5.74, 6) is 1.82. The Morgan fingerprint density at radius 2 is 1.42 bits per heavy atom. The molecule has 0 saturated heterocycles. The highest BCUT2D eigenvalue weighted by Gasteiger charge is 2.14. The molecular formula is C15H15ClO3. The van der Waals surface area contributed by atoms with Crippen LogP contribution >= 0.6 is 11.6 Å². The summed E-state index contributed by atoms with van der Waals surface area (Å²) in [6.45, 7) is 0. The lowest BCUT2D eigenvalue weighted by Crippen LogP contribution is -1.95. The zero-order valence-corrected chi connectivity index (χ0v) is 11.8. The molecule has 2 aromatic rings. The summed E-state index contributed by atoms with van der Waals surface area (Å²) in [5.41, 5.74) is 1.95. The van der Waals surface area contributed by atoms with E-state index < -0.39 is 0 Å². The van der Waals surface area contributed by atoms with Crippen molar-refractivity contribution in [1.82, 2.24) is 0 Å². The molecule has 0 N–H and O–H groups in total. The molecule has 0 fully saturated rings. The van der Waals surface area contributed by atoms with Crippen molar-refractivity contribution in [2.45, 2.75) is 0 Å². The van der Waals surface area contributed by atoms with Gasteiger partial charge in [0.05, 0.1) is 21.3 Å². The summed E-state index contributed by atoms with van der Waals surface area (Å²) >= 11 is 6.01. The van der Waals surface area contributed by atoms with Crippen LogP contribution in [0.4, 0.5) is 0 Å². The van der Waals surface area contributed by atoms with Crippen LogP contribution in [-0.2, 0) is 0 Å². The molecule has 0 bridgehead atoms. The maximum atomic E-state index is 6.01. The Kier molecular flexibility index (Phi) is 4.17. The topological polar surface area (TPSA) is 27.7 Å². The lowest BCUT2D eigenvalue weighted by Gasteiger charge is -2.14. The molecule has 0 saturated carbocycles. The molecule has 3 nitrogen and oxygen atoms in total. The number of ether oxygens (including phenoxy) is 3. The Morgan fingerprint density at radius 1 is 0.789 bits per heavy atom. The molecule has 2 aromatic carbocycles. The Bertz CT molecular complexity index is 556. The van der Waals surface area contributed by atoms with Gasteiger partial charge in [0.25, 0.3) is 0 Å². The second kappa shape index (κ2) is 5.85. The molecular weight excluding hydrogens is 264 g/mol. The van der Waals surface area contributed by atoms with E-state index in [1.54, 1.807) is 21.3 Å². The Morgan fingerprint density at radius 3 is 1.89 bits per heavy atom. The zero-order chi connectivity index (χ0) is 13.8. The van der Waals surface area contributed by atoms with E-state index in [2.05, 4.69) is 0 Å². The van der Waals surface area contributed by atoms with E-state index in [9.17, 15) is 0 Å². The van der Waals surface area contributed by atoms with Gasteiger partial charge in [0.1, 0.15) is 0 Å². The quantitative estimate of drug-likeness (QED) is 0.845. The molecule has 0 aliphatic heterocycles. The van der Waals surface area contributed by atoms with Crippen molar-refractivity contribution in [2.24, 2.45) is 0 Å². The summed E-state index contributed by atoms with van der Waals surface area (Å²) < 4.78 is 16.0. The molecule has 0 unspecified atom stereocenters. The van der Waals surface area contributed by atoms with Crippen LogP contribution in [-0.4, -0.2) is 21.3 Å². The van der Waals surface area contributed by atoms with Crippen molar-refractivity contribution in [3.63, 3.8) is 0 Å². The lowest BCUT2D eigenvalue weighted by atomic mass is 10.0. The van der Waals surface area contributed by atoms with Crippen LogP contribution in [0, 0.1) is 0 Å². The zero-order valence-electron chi connectivity index (χ0n) is 11.1. The molecule has 100 valence electrons. The highest BCUT2D eigenvalue weighted by Crippen LogP contribution is 2.41. The number of methoxy groups -OCH3 is 3. The molecule has 0 amide bonds. The van der Waals surface area contributed by atoms with Crippen LogP contribution in [0.25, 0.3) is 11.1 Å². The number of rotatable bonds is 4. The van der Waals surface area contributed by atoms with Crippen LogP contribution in [0.15, 0.2) is 36.4 Å².